The molecular formula is C65H52BN3S. The van der Waals surface area contributed by atoms with Crippen LogP contribution in [0.25, 0.3) is 49.0 Å². The number of nitrogens with zero attached hydrogens (tertiary/aromatic N) is 3. The first-order chi connectivity index (χ1) is 34.1. The summed E-state index contributed by atoms with van der Waals surface area (Å²) in [5, 5.41) is 12.6. The van der Waals surface area contributed by atoms with Crippen molar-refractivity contribution in [3.8, 4) is 39.4 Å². The van der Waals surface area contributed by atoms with E-state index in [2.05, 4.69) is 232 Å². The van der Waals surface area contributed by atoms with Crippen LogP contribution in [0.15, 0.2) is 200 Å². The van der Waals surface area contributed by atoms with Crippen LogP contribution in [0.3, 0.4) is 0 Å². The molecule has 5 heteroatoms. The Kier molecular flexibility index (Phi) is 9.84. The monoisotopic (exact) mass is 917 g/mol. The summed E-state index contributed by atoms with van der Waals surface area (Å²) in [6.45, 7) is 9.76. The summed E-state index contributed by atoms with van der Waals surface area (Å²) < 4.78 is 1.35. The molecule has 3 heterocycles. The molecule has 0 spiro atoms. The van der Waals surface area contributed by atoms with Crippen molar-refractivity contribution in [2.45, 2.75) is 64.2 Å². The second kappa shape index (κ2) is 16.2. The lowest BCUT2D eigenvalue weighted by Gasteiger charge is -2.44. The molecule has 4 aliphatic rings. The maximum absolute atomic E-state index is 9.94. The van der Waals surface area contributed by atoms with Gasteiger partial charge >= 0.3 is 0 Å². The second-order valence-electron chi connectivity index (χ2n) is 21.0. The molecule has 336 valence electrons. The highest BCUT2D eigenvalue weighted by Crippen LogP contribution is 2.53. The highest BCUT2D eigenvalue weighted by atomic mass is 32.1. The minimum absolute atomic E-state index is 0.0503. The van der Waals surface area contributed by atoms with Gasteiger partial charge in [0.15, 0.2) is 0 Å². The number of thiophene rings is 1. The molecule has 0 bridgehead atoms. The molecular weight excluding hydrogens is 866 g/mol. The van der Waals surface area contributed by atoms with E-state index in [-0.39, 0.29) is 17.5 Å². The summed E-state index contributed by atoms with van der Waals surface area (Å²) in [6.07, 6.45) is 8.09. The molecule has 70 heavy (non-hydrogen) atoms. The van der Waals surface area contributed by atoms with Crippen LogP contribution in [0, 0.1) is 11.3 Å². The smallest absolute Gasteiger partial charge is 0.254 e. The molecule has 2 aliphatic carbocycles. The zero-order valence-electron chi connectivity index (χ0n) is 40.1. The Morgan fingerprint density at radius 3 is 1.56 bits per heavy atom. The molecule has 3 nitrogen and oxygen atoms in total. The highest BCUT2D eigenvalue weighted by Gasteiger charge is 2.47. The van der Waals surface area contributed by atoms with Crippen LogP contribution >= 0.6 is 11.3 Å². The summed E-state index contributed by atoms with van der Waals surface area (Å²) in [4.78, 5) is 5.15. The van der Waals surface area contributed by atoms with Crippen LogP contribution in [-0.2, 0) is 10.8 Å². The molecule has 0 atom stereocenters. The Labute approximate surface area is 416 Å². The van der Waals surface area contributed by atoms with Gasteiger partial charge in [-0.2, -0.15) is 5.26 Å². The molecule has 1 aromatic heterocycles. The minimum Gasteiger partial charge on any atom is -0.311 e. The third-order valence-electron chi connectivity index (χ3n) is 15.9. The molecule has 9 aromatic rings. The largest absolute Gasteiger partial charge is 0.311 e. The molecule has 0 saturated carbocycles. The fourth-order valence-electron chi connectivity index (χ4n) is 11.9. The maximum Gasteiger partial charge on any atom is 0.254 e. The summed E-state index contributed by atoms with van der Waals surface area (Å²) >= 11 is 1.96. The fraction of sp³-hybridized carbons (Fsp3) is 0.154. The third-order valence-corrected chi connectivity index (χ3v) is 17.0. The van der Waals surface area contributed by atoms with Gasteiger partial charge in [-0.25, -0.2) is 0 Å². The van der Waals surface area contributed by atoms with Gasteiger partial charge in [0.25, 0.3) is 6.71 Å². The zero-order chi connectivity index (χ0) is 47.3. The summed E-state index contributed by atoms with van der Waals surface area (Å²) in [5.74, 6) is 0. The van der Waals surface area contributed by atoms with E-state index < -0.39 is 0 Å². The topological polar surface area (TPSA) is 30.3 Å². The average molecular weight is 918 g/mol. The van der Waals surface area contributed by atoms with Gasteiger partial charge in [0.2, 0.25) is 0 Å². The van der Waals surface area contributed by atoms with Crippen LogP contribution in [-0.4, -0.2) is 6.71 Å². The zero-order valence-corrected chi connectivity index (χ0v) is 40.9. The third kappa shape index (κ3) is 6.84. The number of hydrogen-bond acceptors (Lipinski definition) is 4. The number of hydrogen-bond donors (Lipinski definition) is 0. The van der Waals surface area contributed by atoms with E-state index >= 15 is 0 Å². The Hall–Kier alpha value is -7.65. The molecule has 8 aromatic carbocycles. The number of anilines is 6. The van der Waals surface area contributed by atoms with E-state index in [9.17, 15) is 5.26 Å². The van der Waals surface area contributed by atoms with Gasteiger partial charge in [0.1, 0.15) is 0 Å². The highest BCUT2D eigenvalue weighted by molar-refractivity contribution is 7.26. The van der Waals surface area contributed by atoms with Crippen molar-refractivity contribution in [3.63, 3.8) is 0 Å². The molecule has 0 radical (unpaired) electrons. The predicted molar refractivity (Wildman–Crippen MR) is 298 cm³/mol. The molecule has 0 fully saturated rings. The normalized spacial score (nSPS) is 16.1. The van der Waals surface area contributed by atoms with Gasteiger partial charge in [-0.1, -0.05) is 161 Å². The van der Waals surface area contributed by atoms with Crippen LogP contribution in [0.5, 0.6) is 0 Å². The van der Waals surface area contributed by atoms with Gasteiger partial charge in [-0.15, -0.1) is 11.3 Å². The van der Waals surface area contributed by atoms with Crippen molar-refractivity contribution in [1.82, 2.24) is 0 Å². The summed E-state index contributed by atoms with van der Waals surface area (Å²) in [5.41, 5.74) is 23.5. The number of fused-ring (bicyclic) bond motifs is 7. The Morgan fingerprint density at radius 2 is 1.00 bits per heavy atom. The van der Waals surface area contributed by atoms with E-state index in [1.807, 2.05) is 17.4 Å². The quantitative estimate of drug-likeness (QED) is 0.156. The Balaban J connectivity index is 1.13. The number of rotatable bonds is 6. The predicted octanol–water partition coefficient (Wildman–Crippen LogP) is 16.0. The van der Waals surface area contributed by atoms with Crippen molar-refractivity contribution >= 4 is 83.5 Å². The molecule has 0 saturated heterocycles. The Morgan fingerprint density at radius 1 is 0.486 bits per heavy atom. The first-order valence-corrected chi connectivity index (χ1v) is 25.7. The molecule has 0 amide bonds. The van der Waals surface area contributed by atoms with Gasteiger partial charge in [0, 0.05) is 38.7 Å². The number of nitriles is 1. The van der Waals surface area contributed by atoms with Gasteiger partial charge in [-0.3, -0.25) is 0 Å². The van der Waals surface area contributed by atoms with E-state index in [0.29, 0.717) is 0 Å². The van der Waals surface area contributed by atoms with E-state index in [0.717, 1.165) is 36.2 Å². The second-order valence-corrected chi connectivity index (χ2v) is 22.0. The van der Waals surface area contributed by atoms with Crippen LogP contribution in [0.4, 0.5) is 33.4 Å². The molecule has 0 unspecified atom stereocenters. The first-order valence-electron chi connectivity index (χ1n) is 24.8. The van der Waals surface area contributed by atoms with Crippen LogP contribution in [0.1, 0.15) is 70.1 Å². The Bertz CT molecular complexity index is 3650. The van der Waals surface area contributed by atoms with Crippen molar-refractivity contribution in [1.29, 1.82) is 5.26 Å². The SMILES string of the molecule is CC1(C)CCC(C)(C)c2cc3c4c(sc3cc21)N(c1ccc(-c2ccccc2)cc1)c1cc(C2=CC=C(C#N)CC2)cc2c1B4c1cc(-c3ccccc3)ccc1N2c1ccc(-c2ccccc2)cc1. The van der Waals surface area contributed by atoms with E-state index in [4.69, 9.17) is 0 Å². The van der Waals surface area contributed by atoms with Crippen molar-refractivity contribution in [3.05, 3.63) is 216 Å². The standard InChI is InChI=1S/C65H52BN3S/c1-64(2)34-35-65(3,4)55-40-60-53(39-54(55)64)61-63(70-60)69(52-31-26-47(27-32-52)44-16-10-6-11-17-44)59-38-50(48-22-20-42(41-67)21-23-48)37-58-62(59)66(61)56-36-49(45-18-12-7-13-19-45)28-33-57(56)68(58)51-29-24-46(25-30-51)43-14-8-5-9-15-43/h5-20,22,24-33,36-40H,21,23,34-35H2,1-4H3. The van der Waals surface area contributed by atoms with Gasteiger partial charge < -0.3 is 9.80 Å². The van der Waals surface area contributed by atoms with Crippen molar-refractivity contribution < 1.29 is 0 Å². The average Bonchev–Trinajstić information content (AvgIpc) is 3.78. The lowest BCUT2D eigenvalue weighted by atomic mass is 9.33. The molecule has 0 N–H and O–H groups in total. The maximum atomic E-state index is 9.94. The van der Waals surface area contributed by atoms with E-state index in [1.165, 1.54) is 111 Å². The number of allylic oxidation sites excluding steroid dienone is 4. The van der Waals surface area contributed by atoms with E-state index in [1.54, 1.807) is 0 Å². The first kappa shape index (κ1) is 42.5. The van der Waals surface area contributed by atoms with Gasteiger partial charge in [0.05, 0.1) is 11.1 Å². The molecule has 2 aliphatic heterocycles. The minimum atomic E-state index is -0.0515. The van der Waals surface area contributed by atoms with Crippen molar-refractivity contribution in [2.24, 2.45) is 0 Å². The summed E-state index contributed by atoms with van der Waals surface area (Å²) in [7, 11) is 0. The fourth-order valence-corrected chi connectivity index (χ4v) is 13.2. The van der Waals surface area contributed by atoms with Gasteiger partial charge in [-0.05, 0) is 175 Å². The lowest BCUT2D eigenvalue weighted by molar-refractivity contribution is 0.332. The van der Waals surface area contributed by atoms with Crippen LogP contribution < -0.4 is 26.2 Å². The molecule has 13 rings (SSSR count). The summed E-state index contributed by atoms with van der Waals surface area (Å²) in [6, 6.07) is 70.5. The lowest BCUT2D eigenvalue weighted by Crippen LogP contribution is -2.61. The van der Waals surface area contributed by atoms with Crippen molar-refractivity contribution in [2.75, 3.05) is 9.80 Å². The number of benzene rings is 8. The van der Waals surface area contributed by atoms with Crippen LogP contribution in [0.2, 0.25) is 0 Å².